The predicted octanol–water partition coefficient (Wildman–Crippen LogP) is 2.34. The van der Waals surface area contributed by atoms with Crippen LogP contribution in [0.2, 0.25) is 0 Å². The molecule has 1 saturated heterocycles. The fourth-order valence-electron chi connectivity index (χ4n) is 2.72. The van der Waals surface area contributed by atoms with Crippen LogP contribution in [0.5, 0.6) is 5.88 Å². The van der Waals surface area contributed by atoms with Crippen LogP contribution in [0, 0.1) is 11.8 Å². The van der Waals surface area contributed by atoms with Crippen molar-refractivity contribution in [1.29, 1.82) is 0 Å². The molecule has 0 radical (unpaired) electrons. The molecule has 0 saturated carbocycles. The Hall–Kier alpha value is -1.36. The van der Waals surface area contributed by atoms with Gasteiger partial charge in [0.1, 0.15) is 0 Å². The topological polar surface area (TPSA) is 50.3 Å². The van der Waals surface area contributed by atoms with Crippen LogP contribution in [-0.4, -0.2) is 42.8 Å². The fraction of sp³-hybridized carbons (Fsp3) is 0.750. The van der Waals surface area contributed by atoms with Crippen molar-refractivity contribution in [1.82, 2.24) is 15.3 Å². The molecule has 1 fully saturated rings. The maximum atomic E-state index is 5.44. The Morgan fingerprint density at radius 1 is 1.43 bits per heavy atom. The number of nitrogens with one attached hydrogen (secondary N) is 1. The van der Waals surface area contributed by atoms with Crippen LogP contribution in [0.15, 0.2) is 12.4 Å². The van der Waals surface area contributed by atoms with Crippen LogP contribution in [0.1, 0.15) is 33.6 Å². The van der Waals surface area contributed by atoms with Crippen molar-refractivity contribution in [3.63, 3.8) is 0 Å². The second-order valence-corrected chi connectivity index (χ2v) is 6.15. The smallest absolute Gasteiger partial charge is 0.234 e. The maximum absolute atomic E-state index is 5.44. The lowest BCUT2D eigenvalue weighted by Crippen LogP contribution is -2.40. The first-order valence-corrected chi connectivity index (χ1v) is 8.09. The summed E-state index contributed by atoms with van der Waals surface area (Å²) in [7, 11) is 0. The second kappa shape index (κ2) is 8.17. The third kappa shape index (κ3) is 5.16. The minimum absolute atomic E-state index is 0.620. The Bertz CT molecular complexity index is 424. The van der Waals surface area contributed by atoms with Crippen LogP contribution < -0.4 is 15.0 Å². The van der Waals surface area contributed by atoms with E-state index in [0.717, 1.165) is 32.0 Å². The molecule has 0 spiro atoms. The highest BCUT2D eigenvalue weighted by Gasteiger charge is 2.21. The molecule has 0 aliphatic carbocycles. The Morgan fingerprint density at radius 2 is 2.29 bits per heavy atom. The first kappa shape index (κ1) is 16.0. The van der Waals surface area contributed by atoms with Crippen molar-refractivity contribution < 1.29 is 4.74 Å². The molecule has 0 amide bonds. The normalized spacial score (nSPS) is 19.0. The van der Waals surface area contributed by atoms with Gasteiger partial charge in [-0.15, -0.1) is 0 Å². The van der Waals surface area contributed by atoms with Crippen molar-refractivity contribution in [3.8, 4) is 5.88 Å². The zero-order valence-corrected chi connectivity index (χ0v) is 13.5. The zero-order valence-electron chi connectivity index (χ0n) is 13.5. The molecule has 1 aliphatic heterocycles. The van der Waals surface area contributed by atoms with Gasteiger partial charge in [0.25, 0.3) is 0 Å². The van der Waals surface area contributed by atoms with Gasteiger partial charge in [0.2, 0.25) is 5.88 Å². The van der Waals surface area contributed by atoms with Crippen LogP contribution in [0.25, 0.3) is 0 Å². The molecule has 118 valence electrons. The molecule has 5 nitrogen and oxygen atoms in total. The van der Waals surface area contributed by atoms with E-state index >= 15 is 0 Å². The van der Waals surface area contributed by atoms with Crippen molar-refractivity contribution in [2.24, 2.45) is 11.8 Å². The predicted molar refractivity (Wildman–Crippen MR) is 85.8 cm³/mol. The average molecular weight is 292 g/mol. The molecule has 5 heteroatoms. The van der Waals surface area contributed by atoms with Gasteiger partial charge in [0.05, 0.1) is 19.0 Å². The monoisotopic (exact) mass is 292 g/mol. The van der Waals surface area contributed by atoms with E-state index in [0.29, 0.717) is 24.3 Å². The first-order chi connectivity index (χ1) is 10.2. The van der Waals surface area contributed by atoms with E-state index in [1.807, 2.05) is 13.1 Å². The summed E-state index contributed by atoms with van der Waals surface area (Å²) in [4.78, 5) is 11.1. The van der Waals surface area contributed by atoms with Crippen molar-refractivity contribution >= 4 is 5.82 Å². The number of piperidine rings is 1. The fourth-order valence-corrected chi connectivity index (χ4v) is 2.72. The number of hydrogen-bond donors (Lipinski definition) is 1. The Labute approximate surface area is 128 Å². The molecular formula is C16H28N4O. The van der Waals surface area contributed by atoms with Crippen molar-refractivity contribution in [2.75, 3.05) is 37.7 Å². The third-order valence-electron chi connectivity index (χ3n) is 3.72. The molecule has 21 heavy (non-hydrogen) atoms. The summed E-state index contributed by atoms with van der Waals surface area (Å²) in [6.07, 6.45) is 6.03. The van der Waals surface area contributed by atoms with Gasteiger partial charge in [-0.05, 0) is 44.7 Å². The van der Waals surface area contributed by atoms with Gasteiger partial charge in [0, 0.05) is 13.1 Å². The molecule has 1 aromatic rings. The van der Waals surface area contributed by atoms with E-state index in [1.165, 1.54) is 12.8 Å². The minimum Gasteiger partial charge on any atom is -0.477 e. The zero-order chi connectivity index (χ0) is 15.1. The molecule has 2 heterocycles. The van der Waals surface area contributed by atoms with Gasteiger partial charge in [0.15, 0.2) is 5.82 Å². The standard InChI is InChI=1S/C16H28N4O/c1-4-21-16-11-18-10-15(19-16)20-7-5-6-14(12-20)9-17-8-13(2)3/h10-11,13-14,17H,4-9,12H2,1-3H3. The summed E-state index contributed by atoms with van der Waals surface area (Å²) < 4.78 is 5.44. The number of hydrogen-bond acceptors (Lipinski definition) is 5. The lowest BCUT2D eigenvalue weighted by Gasteiger charge is -2.33. The number of ether oxygens (including phenoxy) is 1. The van der Waals surface area contributed by atoms with Gasteiger partial charge in [-0.1, -0.05) is 13.8 Å². The van der Waals surface area contributed by atoms with E-state index in [-0.39, 0.29) is 0 Å². The number of aromatic nitrogens is 2. The largest absolute Gasteiger partial charge is 0.477 e. The Morgan fingerprint density at radius 3 is 3.05 bits per heavy atom. The van der Waals surface area contributed by atoms with E-state index in [9.17, 15) is 0 Å². The average Bonchev–Trinajstić information content (AvgIpc) is 2.48. The molecule has 1 aromatic heterocycles. The summed E-state index contributed by atoms with van der Waals surface area (Å²) in [6.45, 7) is 11.4. The second-order valence-electron chi connectivity index (χ2n) is 6.15. The highest BCUT2D eigenvalue weighted by molar-refractivity contribution is 5.38. The van der Waals surface area contributed by atoms with Gasteiger partial charge in [-0.3, -0.25) is 4.98 Å². The van der Waals surface area contributed by atoms with Crippen LogP contribution in [0.4, 0.5) is 5.82 Å². The summed E-state index contributed by atoms with van der Waals surface area (Å²) in [5.41, 5.74) is 0. The lowest BCUT2D eigenvalue weighted by molar-refractivity contribution is 0.324. The van der Waals surface area contributed by atoms with Gasteiger partial charge in [-0.2, -0.15) is 4.98 Å². The SMILES string of the molecule is CCOc1cncc(N2CCCC(CNCC(C)C)C2)n1. The number of anilines is 1. The maximum Gasteiger partial charge on any atom is 0.234 e. The van der Waals surface area contributed by atoms with E-state index in [4.69, 9.17) is 4.74 Å². The number of nitrogens with zero attached hydrogens (tertiary/aromatic N) is 3. The minimum atomic E-state index is 0.620. The quantitative estimate of drug-likeness (QED) is 0.836. The first-order valence-electron chi connectivity index (χ1n) is 8.09. The van der Waals surface area contributed by atoms with Crippen LogP contribution in [-0.2, 0) is 0 Å². The van der Waals surface area contributed by atoms with Crippen molar-refractivity contribution in [2.45, 2.75) is 33.6 Å². The summed E-state index contributed by atoms with van der Waals surface area (Å²) in [5, 5.41) is 3.57. The molecule has 0 aromatic carbocycles. The van der Waals surface area contributed by atoms with Gasteiger partial charge in [-0.25, -0.2) is 0 Å². The molecule has 1 aliphatic rings. The molecule has 0 bridgehead atoms. The third-order valence-corrected chi connectivity index (χ3v) is 3.72. The Kier molecular flexibility index (Phi) is 6.23. The molecular weight excluding hydrogens is 264 g/mol. The summed E-state index contributed by atoms with van der Waals surface area (Å²) in [5.74, 6) is 2.96. The molecule has 1 N–H and O–H groups in total. The molecule has 2 rings (SSSR count). The van der Waals surface area contributed by atoms with Gasteiger partial charge >= 0.3 is 0 Å². The molecule has 1 unspecified atom stereocenters. The highest BCUT2D eigenvalue weighted by Crippen LogP contribution is 2.22. The van der Waals surface area contributed by atoms with Crippen LogP contribution in [0.3, 0.4) is 0 Å². The summed E-state index contributed by atoms with van der Waals surface area (Å²) >= 11 is 0. The van der Waals surface area contributed by atoms with E-state index < -0.39 is 0 Å². The van der Waals surface area contributed by atoms with Gasteiger partial charge < -0.3 is 15.0 Å². The van der Waals surface area contributed by atoms with E-state index in [1.54, 1.807) is 6.20 Å². The van der Waals surface area contributed by atoms with Crippen molar-refractivity contribution in [3.05, 3.63) is 12.4 Å². The molecule has 1 atom stereocenters. The lowest BCUT2D eigenvalue weighted by atomic mass is 9.98. The van der Waals surface area contributed by atoms with E-state index in [2.05, 4.69) is 34.0 Å². The number of rotatable bonds is 7. The Balaban J connectivity index is 1.89. The summed E-state index contributed by atoms with van der Waals surface area (Å²) in [6, 6.07) is 0. The van der Waals surface area contributed by atoms with Crippen LogP contribution >= 0.6 is 0 Å². The highest BCUT2D eigenvalue weighted by atomic mass is 16.5.